The Kier molecular flexibility index (Phi) is 5.93. The third kappa shape index (κ3) is 4.01. The molecule has 1 aliphatic carbocycles. The maximum absolute atomic E-state index is 15.5. The topological polar surface area (TPSA) is 128 Å². The lowest BCUT2D eigenvalue weighted by Gasteiger charge is -2.49. The zero-order chi connectivity index (χ0) is 27.9. The molecule has 1 spiro atoms. The molecule has 0 amide bonds. The monoisotopic (exact) mass is 572 g/mol. The molecule has 7 rings (SSSR count). The number of hydrogen-bond donors (Lipinski definition) is 2. The number of hydrogen-bond acceptors (Lipinski definition) is 11. The van der Waals surface area contributed by atoms with Crippen LogP contribution in [0.15, 0.2) is 0 Å². The second-order valence-corrected chi connectivity index (χ2v) is 13.7. The largest absolute Gasteiger partial charge is 0.461 e. The predicted molar refractivity (Wildman–Crippen MR) is 146 cm³/mol. The number of thiophene rings is 1. The Morgan fingerprint density at radius 3 is 2.62 bits per heavy atom. The van der Waals surface area contributed by atoms with Crippen LogP contribution in [0.1, 0.15) is 55.0 Å². The second-order valence-electron chi connectivity index (χ2n) is 12.5. The van der Waals surface area contributed by atoms with E-state index in [1.807, 2.05) is 9.80 Å². The van der Waals surface area contributed by atoms with Crippen molar-refractivity contribution in [2.75, 3.05) is 61.4 Å². The number of β-amino-alcohol motifs (C(OH)–C–C–N with tert-alkyl or cyclic N) is 1. The summed E-state index contributed by atoms with van der Waals surface area (Å²) < 4.78 is 36.0. The van der Waals surface area contributed by atoms with E-state index >= 15 is 4.39 Å². The zero-order valence-electron chi connectivity index (χ0n) is 22.6. The fraction of sp³-hybridized carbons (Fsp3) is 0.704. The van der Waals surface area contributed by atoms with Gasteiger partial charge in [0.2, 0.25) is 11.9 Å². The van der Waals surface area contributed by atoms with E-state index < -0.39 is 23.4 Å². The highest BCUT2D eigenvalue weighted by Gasteiger charge is 2.58. The first-order valence-electron chi connectivity index (χ1n) is 14.1. The Labute approximate surface area is 235 Å². The van der Waals surface area contributed by atoms with Crippen molar-refractivity contribution in [1.82, 2.24) is 19.9 Å². The van der Waals surface area contributed by atoms with E-state index in [4.69, 9.17) is 15.5 Å². The first kappa shape index (κ1) is 26.1. The molecule has 3 N–H and O–H groups in total. The minimum atomic E-state index is -1.12. The van der Waals surface area contributed by atoms with E-state index in [1.165, 1.54) is 11.3 Å². The number of fused-ring (bicyclic) bond motifs is 3. The van der Waals surface area contributed by atoms with Crippen LogP contribution in [-0.4, -0.2) is 94.3 Å². The number of nitriles is 1. The van der Waals surface area contributed by atoms with Gasteiger partial charge in [-0.3, -0.25) is 4.90 Å². The van der Waals surface area contributed by atoms with Gasteiger partial charge in [0, 0.05) is 50.4 Å². The average molecular weight is 573 g/mol. The molecule has 6 heterocycles. The quantitative estimate of drug-likeness (QED) is 0.551. The summed E-state index contributed by atoms with van der Waals surface area (Å²) in [6, 6.07) is 2.33. The Bertz CT molecular complexity index is 1370. The molecule has 10 nitrogen and oxygen atoms in total. The molecule has 5 aliphatic rings. The highest BCUT2D eigenvalue weighted by Crippen LogP contribution is 2.53. The van der Waals surface area contributed by atoms with Gasteiger partial charge in [-0.1, -0.05) is 0 Å². The number of aliphatic hydroxyl groups is 1. The van der Waals surface area contributed by atoms with E-state index in [9.17, 15) is 14.8 Å². The van der Waals surface area contributed by atoms with Gasteiger partial charge in [-0.15, -0.1) is 11.3 Å². The zero-order valence-corrected chi connectivity index (χ0v) is 23.4. The smallest absolute Gasteiger partial charge is 0.323 e. The van der Waals surface area contributed by atoms with Crippen LogP contribution in [0, 0.1) is 11.3 Å². The van der Waals surface area contributed by atoms with Crippen molar-refractivity contribution in [3.8, 4) is 12.1 Å². The lowest BCUT2D eigenvalue weighted by atomic mass is 9.73. The second kappa shape index (κ2) is 9.09. The SMILES string of the molecule is C[C@@]1(O)CCCN(c2nc(OC[C@@]34CCCN3C[C@H](F)C4)nc(N3CC4(C3)c3c(sc(N)c3C#N)CC4F)n2)C1. The third-order valence-corrected chi connectivity index (χ3v) is 10.6. The van der Waals surface area contributed by atoms with Crippen molar-refractivity contribution in [3.63, 3.8) is 0 Å². The minimum absolute atomic E-state index is 0.149. The van der Waals surface area contributed by atoms with E-state index in [2.05, 4.69) is 20.9 Å². The normalized spacial score (nSPS) is 32.7. The summed E-state index contributed by atoms with van der Waals surface area (Å²) in [7, 11) is 0. The number of rotatable bonds is 5. The number of piperidine rings is 1. The molecule has 2 aromatic rings. The van der Waals surface area contributed by atoms with Crippen molar-refractivity contribution in [2.24, 2.45) is 0 Å². The van der Waals surface area contributed by atoms with Crippen LogP contribution in [-0.2, 0) is 11.8 Å². The van der Waals surface area contributed by atoms with Gasteiger partial charge in [0.25, 0.3) is 0 Å². The summed E-state index contributed by atoms with van der Waals surface area (Å²) in [5.74, 6) is 0.770. The number of nitrogen functional groups attached to an aromatic ring is 1. The van der Waals surface area contributed by atoms with E-state index in [0.717, 1.165) is 36.2 Å². The van der Waals surface area contributed by atoms with Crippen LogP contribution < -0.4 is 20.3 Å². The number of anilines is 3. The van der Waals surface area contributed by atoms with Crippen LogP contribution >= 0.6 is 11.3 Å². The summed E-state index contributed by atoms with van der Waals surface area (Å²) in [4.78, 5) is 20.9. The molecule has 13 heteroatoms. The Morgan fingerprint density at radius 2 is 1.88 bits per heavy atom. The summed E-state index contributed by atoms with van der Waals surface area (Å²) >= 11 is 1.30. The number of nitrogens with two attached hydrogens (primary N) is 1. The standard InChI is InChI=1S/C27H34F2N8O2S/c1-25(38)4-2-6-35(12-25)22-32-23(34-24(33-22)39-15-26-5-3-7-37(26)11-16(28)9-26)36-13-27(14-36)19(29)8-18-20(27)17(10-30)21(31)40-18/h16,19,38H,2-9,11-15,31H2,1H3/t16-,19?,25-,26+/m1/s1. The van der Waals surface area contributed by atoms with Crippen molar-refractivity contribution >= 4 is 28.2 Å². The fourth-order valence-corrected chi connectivity index (χ4v) is 8.80. The van der Waals surface area contributed by atoms with Crippen molar-refractivity contribution in [1.29, 1.82) is 5.26 Å². The van der Waals surface area contributed by atoms with Gasteiger partial charge < -0.3 is 25.4 Å². The number of halogens is 2. The first-order valence-corrected chi connectivity index (χ1v) is 14.9. The Hall–Kier alpha value is -2.82. The molecule has 0 radical (unpaired) electrons. The summed E-state index contributed by atoms with van der Waals surface area (Å²) in [5.41, 5.74) is 5.17. The molecular formula is C27H34F2N8O2S. The number of nitrogens with zero attached hydrogens (tertiary/aromatic N) is 7. The number of alkyl halides is 2. The van der Waals surface area contributed by atoms with Gasteiger partial charge in [0.15, 0.2) is 0 Å². The molecule has 0 bridgehead atoms. The van der Waals surface area contributed by atoms with E-state index in [-0.39, 0.29) is 24.6 Å². The van der Waals surface area contributed by atoms with Gasteiger partial charge in [-0.05, 0) is 44.7 Å². The number of ether oxygens (including phenoxy) is 1. The van der Waals surface area contributed by atoms with Crippen LogP contribution in [0.2, 0.25) is 0 Å². The maximum atomic E-state index is 15.5. The fourth-order valence-electron chi connectivity index (χ4n) is 7.65. The molecule has 0 saturated carbocycles. The van der Waals surface area contributed by atoms with Crippen molar-refractivity contribution in [3.05, 3.63) is 16.0 Å². The predicted octanol–water partition coefficient (Wildman–Crippen LogP) is 2.35. The average Bonchev–Trinajstić information content (AvgIpc) is 3.57. The van der Waals surface area contributed by atoms with Gasteiger partial charge in [0.05, 0.1) is 22.1 Å². The van der Waals surface area contributed by atoms with Crippen LogP contribution in [0.3, 0.4) is 0 Å². The molecule has 4 saturated heterocycles. The van der Waals surface area contributed by atoms with Crippen molar-refractivity contribution < 1.29 is 18.6 Å². The molecule has 40 heavy (non-hydrogen) atoms. The van der Waals surface area contributed by atoms with Crippen molar-refractivity contribution in [2.45, 2.75) is 74.3 Å². The molecule has 0 aromatic carbocycles. The molecule has 4 atom stereocenters. The first-order chi connectivity index (χ1) is 19.1. The molecule has 214 valence electrons. The molecule has 1 unspecified atom stereocenters. The van der Waals surface area contributed by atoms with E-state index in [0.29, 0.717) is 68.0 Å². The number of aromatic nitrogens is 3. The highest BCUT2D eigenvalue weighted by molar-refractivity contribution is 7.16. The highest BCUT2D eigenvalue weighted by atomic mass is 32.1. The van der Waals surface area contributed by atoms with Crippen LogP contribution in [0.25, 0.3) is 0 Å². The van der Waals surface area contributed by atoms with Crippen LogP contribution in [0.5, 0.6) is 6.01 Å². The molecule has 4 aliphatic heterocycles. The Morgan fingerprint density at radius 1 is 1.12 bits per heavy atom. The van der Waals surface area contributed by atoms with E-state index in [1.54, 1.807) is 6.92 Å². The molecular weight excluding hydrogens is 538 g/mol. The molecule has 2 aromatic heterocycles. The van der Waals surface area contributed by atoms with Gasteiger partial charge >= 0.3 is 6.01 Å². The maximum Gasteiger partial charge on any atom is 0.323 e. The lowest BCUT2D eigenvalue weighted by Crippen LogP contribution is -2.63. The van der Waals surface area contributed by atoms with Gasteiger partial charge in [-0.25, -0.2) is 8.78 Å². The third-order valence-electron chi connectivity index (χ3n) is 9.59. The Balaban J connectivity index is 1.18. The van der Waals surface area contributed by atoms with Gasteiger partial charge in [0.1, 0.15) is 30.0 Å². The summed E-state index contributed by atoms with van der Waals surface area (Å²) in [6.07, 6.45) is 2.06. The lowest BCUT2D eigenvalue weighted by molar-refractivity contribution is 0.0443. The van der Waals surface area contributed by atoms with Gasteiger partial charge in [-0.2, -0.15) is 20.2 Å². The molecule has 4 fully saturated rings. The minimum Gasteiger partial charge on any atom is -0.461 e. The summed E-state index contributed by atoms with van der Waals surface area (Å²) in [6.45, 7) is 5.06. The van der Waals surface area contributed by atoms with Crippen LogP contribution in [0.4, 0.5) is 25.7 Å². The summed E-state index contributed by atoms with van der Waals surface area (Å²) in [5, 5.41) is 20.9.